The standard InChI is InChI=1S/C16H14N4O/c21-16-15-6-3-8-19(15)11-18-20(16)9-7-12-10-17-14-5-2-1-4-13(12)14/h1-6,8,10-11,17H,7,9H2. The molecule has 0 aliphatic rings. The molecular formula is C16H14N4O. The molecule has 0 aliphatic carbocycles. The predicted octanol–water partition coefficient (Wildman–Crippen LogP) is 2.22. The zero-order chi connectivity index (χ0) is 14.2. The molecule has 0 saturated heterocycles. The molecule has 0 aliphatic heterocycles. The van der Waals surface area contributed by atoms with E-state index in [4.69, 9.17) is 0 Å². The molecule has 0 saturated carbocycles. The number of rotatable bonds is 3. The second-order valence-electron chi connectivity index (χ2n) is 5.07. The summed E-state index contributed by atoms with van der Waals surface area (Å²) in [6, 6.07) is 11.8. The average Bonchev–Trinajstić information content (AvgIpc) is 3.13. The van der Waals surface area contributed by atoms with E-state index in [1.165, 1.54) is 15.6 Å². The Morgan fingerprint density at radius 1 is 1.14 bits per heavy atom. The minimum atomic E-state index is -0.0534. The lowest BCUT2D eigenvalue weighted by Gasteiger charge is -2.04. The van der Waals surface area contributed by atoms with Gasteiger partial charge in [-0.05, 0) is 30.2 Å². The molecule has 3 heterocycles. The van der Waals surface area contributed by atoms with Crippen molar-refractivity contribution in [3.63, 3.8) is 0 Å². The molecular weight excluding hydrogens is 264 g/mol. The van der Waals surface area contributed by atoms with Crippen LogP contribution in [0.1, 0.15) is 5.56 Å². The van der Waals surface area contributed by atoms with E-state index < -0.39 is 0 Å². The van der Waals surface area contributed by atoms with E-state index in [1.807, 2.05) is 36.7 Å². The van der Waals surface area contributed by atoms with Crippen LogP contribution in [0, 0.1) is 0 Å². The highest BCUT2D eigenvalue weighted by Crippen LogP contribution is 2.18. The zero-order valence-corrected chi connectivity index (χ0v) is 11.4. The average molecular weight is 278 g/mol. The molecule has 0 fully saturated rings. The van der Waals surface area contributed by atoms with Crippen LogP contribution in [0.5, 0.6) is 0 Å². The monoisotopic (exact) mass is 278 g/mol. The van der Waals surface area contributed by atoms with Crippen molar-refractivity contribution in [2.24, 2.45) is 0 Å². The molecule has 21 heavy (non-hydrogen) atoms. The second-order valence-corrected chi connectivity index (χ2v) is 5.07. The number of hydrogen-bond donors (Lipinski definition) is 1. The van der Waals surface area contributed by atoms with Crippen LogP contribution in [0.4, 0.5) is 0 Å². The molecule has 0 unspecified atom stereocenters. The van der Waals surface area contributed by atoms with Gasteiger partial charge in [-0.15, -0.1) is 0 Å². The van der Waals surface area contributed by atoms with Gasteiger partial charge in [-0.2, -0.15) is 5.10 Å². The third kappa shape index (κ3) is 1.94. The lowest BCUT2D eigenvalue weighted by atomic mass is 10.1. The Bertz CT molecular complexity index is 976. The van der Waals surface area contributed by atoms with Crippen LogP contribution in [-0.2, 0) is 13.0 Å². The number of para-hydroxylation sites is 1. The Kier molecular flexibility index (Phi) is 2.64. The van der Waals surface area contributed by atoms with Crippen molar-refractivity contribution in [3.05, 3.63) is 71.0 Å². The van der Waals surface area contributed by atoms with Crippen molar-refractivity contribution in [2.45, 2.75) is 13.0 Å². The van der Waals surface area contributed by atoms with E-state index in [0.29, 0.717) is 12.1 Å². The first-order valence-corrected chi connectivity index (χ1v) is 6.91. The third-order valence-corrected chi connectivity index (χ3v) is 3.82. The lowest BCUT2D eigenvalue weighted by Crippen LogP contribution is -2.25. The molecule has 1 aromatic carbocycles. The Morgan fingerprint density at radius 2 is 2.05 bits per heavy atom. The highest BCUT2D eigenvalue weighted by atomic mass is 16.1. The summed E-state index contributed by atoms with van der Waals surface area (Å²) in [7, 11) is 0. The molecule has 5 heteroatoms. The molecule has 0 bridgehead atoms. The van der Waals surface area contributed by atoms with Gasteiger partial charge in [0.2, 0.25) is 0 Å². The molecule has 0 radical (unpaired) electrons. The molecule has 104 valence electrons. The SMILES string of the molecule is O=c1c2cccn2cnn1CCc1c[nH]c2ccccc12. The van der Waals surface area contributed by atoms with Gasteiger partial charge >= 0.3 is 0 Å². The Hall–Kier alpha value is -2.82. The summed E-state index contributed by atoms with van der Waals surface area (Å²) < 4.78 is 3.27. The van der Waals surface area contributed by atoms with Crippen LogP contribution in [0.2, 0.25) is 0 Å². The number of benzene rings is 1. The van der Waals surface area contributed by atoms with Gasteiger partial charge in [0.15, 0.2) is 0 Å². The largest absolute Gasteiger partial charge is 0.361 e. The summed E-state index contributed by atoms with van der Waals surface area (Å²) in [5.74, 6) is 0. The van der Waals surface area contributed by atoms with Gasteiger partial charge in [-0.25, -0.2) is 4.68 Å². The zero-order valence-electron chi connectivity index (χ0n) is 11.4. The number of aryl methyl sites for hydroxylation is 2. The van der Waals surface area contributed by atoms with Crippen molar-refractivity contribution in [1.29, 1.82) is 0 Å². The summed E-state index contributed by atoms with van der Waals surface area (Å²) in [6.07, 6.45) is 6.28. The first-order chi connectivity index (χ1) is 10.3. The van der Waals surface area contributed by atoms with Crippen LogP contribution in [-0.4, -0.2) is 19.2 Å². The van der Waals surface area contributed by atoms with Crippen LogP contribution in [0.15, 0.2) is 59.9 Å². The maximum Gasteiger partial charge on any atom is 0.291 e. The molecule has 0 amide bonds. The van der Waals surface area contributed by atoms with E-state index in [9.17, 15) is 4.79 Å². The van der Waals surface area contributed by atoms with Gasteiger partial charge in [0.25, 0.3) is 5.56 Å². The molecule has 5 nitrogen and oxygen atoms in total. The van der Waals surface area contributed by atoms with Gasteiger partial charge in [0.1, 0.15) is 11.8 Å². The number of aromatic amines is 1. The molecule has 0 atom stereocenters. The molecule has 4 aromatic rings. The number of nitrogens with one attached hydrogen (secondary N) is 1. The first-order valence-electron chi connectivity index (χ1n) is 6.91. The van der Waals surface area contributed by atoms with Crippen molar-refractivity contribution in [3.8, 4) is 0 Å². The first kappa shape index (κ1) is 12.0. The van der Waals surface area contributed by atoms with Gasteiger partial charge < -0.3 is 9.38 Å². The summed E-state index contributed by atoms with van der Waals surface area (Å²) in [5.41, 5.74) is 2.93. The highest BCUT2D eigenvalue weighted by Gasteiger charge is 2.06. The van der Waals surface area contributed by atoms with Gasteiger partial charge in [0.05, 0.1) is 0 Å². The smallest absolute Gasteiger partial charge is 0.291 e. The topological polar surface area (TPSA) is 55.1 Å². The predicted molar refractivity (Wildman–Crippen MR) is 81.5 cm³/mol. The maximum atomic E-state index is 12.3. The quantitative estimate of drug-likeness (QED) is 0.624. The fraction of sp³-hybridized carbons (Fsp3) is 0.125. The number of hydrogen-bond acceptors (Lipinski definition) is 2. The summed E-state index contributed by atoms with van der Waals surface area (Å²) in [4.78, 5) is 15.5. The van der Waals surface area contributed by atoms with E-state index >= 15 is 0 Å². The van der Waals surface area contributed by atoms with Crippen LogP contribution < -0.4 is 5.56 Å². The summed E-state index contributed by atoms with van der Waals surface area (Å²) in [5, 5.41) is 5.42. The molecule has 3 aromatic heterocycles. The maximum absolute atomic E-state index is 12.3. The van der Waals surface area contributed by atoms with E-state index in [2.05, 4.69) is 22.2 Å². The Morgan fingerprint density at radius 3 is 3.00 bits per heavy atom. The Labute approximate surface area is 120 Å². The van der Waals surface area contributed by atoms with E-state index in [-0.39, 0.29) is 5.56 Å². The number of fused-ring (bicyclic) bond motifs is 2. The minimum absolute atomic E-state index is 0.0534. The van der Waals surface area contributed by atoms with Crippen LogP contribution >= 0.6 is 0 Å². The minimum Gasteiger partial charge on any atom is -0.361 e. The fourth-order valence-electron chi connectivity index (χ4n) is 2.70. The fourth-order valence-corrected chi connectivity index (χ4v) is 2.70. The highest BCUT2D eigenvalue weighted by molar-refractivity contribution is 5.82. The normalized spacial score (nSPS) is 11.4. The van der Waals surface area contributed by atoms with Crippen molar-refractivity contribution >= 4 is 16.4 Å². The van der Waals surface area contributed by atoms with E-state index in [1.54, 1.807) is 10.7 Å². The number of H-pyrrole nitrogens is 1. The van der Waals surface area contributed by atoms with Crippen LogP contribution in [0.25, 0.3) is 16.4 Å². The molecule has 1 N–H and O–H groups in total. The summed E-state index contributed by atoms with van der Waals surface area (Å²) >= 11 is 0. The number of aromatic nitrogens is 4. The van der Waals surface area contributed by atoms with Gasteiger partial charge in [-0.1, -0.05) is 18.2 Å². The van der Waals surface area contributed by atoms with Crippen molar-refractivity contribution in [2.75, 3.05) is 0 Å². The van der Waals surface area contributed by atoms with Crippen LogP contribution in [0.3, 0.4) is 0 Å². The van der Waals surface area contributed by atoms with E-state index in [0.717, 1.165) is 11.9 Å². The molecule has 0 spiro atoms. The van der Waals surface area contributed by atoms with Crippen molar-refractivity contribution < 1.29 is 0 Å². The lowest BCUT2D eigenvalue weighted by molar-refractivity contribution is 0.572. The van der Waals surface area contributed by atoms with Gasteiger partial charge in [0, 0.05) is 29.8 Å². The Balaban J connectivity index is 1.66. The second kappa shape index (κ2) is 4.63. The third-order valence-electron chi connectivity index (χ3n) is 3.82. The van der Waals surface area contributed by atoms with Crippen molar-refractivity contribution in [1.82, 2.24) is 19.2 Å². The molecule has 4 rings (SSSR count). The number of nitrogens with zero attached hydrogens (tertiary/aromatic N) is 3. The summed E-state index contributed by atoms with van der Waals surface area (Å²) in [6.45, 7) is 0.572. The van der Waals surface area contributed by atoms with Gasteiger partial charge in [-0.3, -0.25) is 4.79 Å².